The zero-order chi connectivity index (χ0) is 17.6. The lowest BCUT2D eigenvalue weighted by atomic mass is 10.1. The van der Waals surface area contributed by atoms with Gasteiger partial charge in [-0.3, -0.25) is 9.36 Å². The van der Waals surface area contributed by atoms with Crippen LogP contribution >= 0.6 is 0 Å². The second-order valence-corrected chi connectivity index (χ2v) is 5.21. The van der Waals surface area contributed by atoms with Gasteiger partial charge in [0.05, 0.1) is 12.8 Å². The summed E-state index contributed by atoms with van der Waals surface area (Å²) in [5, 5.41) is 37.7. The Balaban J connectivity index is 2.13. The number of rotatable bonds is 4. The highest BCUT2D eigenvalue weighted by molar-refractivity contribution is 6.39. The molecule has 0 unspecified atom stereocenters. The van der Waals surface area contributed by atoms with Gasteiger partial charge in [0.1, 0.15) is 29.7 Å². The van der Waals surface area contributed by atoms with Gasteiger partial charge in [-0.25, -0.2) is 19.0 Å². The molecule has 4 N–H and O–H groups in total. The van der Waals surface area contributed by atoms with E-state index in [1.165, 1.54) is 12.3 Å². The lowest BCUT2D eigenvalue weighted by Crippen LogP contribution is -2.37. The number of nitrogens with zero attached hydrogens (tertiary/aromatic N) is 3. The molecule has 0 saturated carbocycles. The zero-order valence-electron chi connectivity index (χ0n) is 12.0. The van der Waals surface area contributed by atoms with Gasteiger partial charge < -0.3 is 25.2 Å². The quantitative estimate of drug-likeness (QED) is 0.345. The summed E-state index contributed by atoms with van der Waals surface area (Å²) in [6.45, 7) is -0.570. The molecule has 1 fully saturated rings. The molecule has 0 aromatic carbocycles. The van der Waals surface area contributed by atoms with Crippen molar-refractivity contribution < 1.29 is 34.8 Å². The number of ether oxygens (including phenoxy) is 1. The van der Waals surface area contributed by atoms with Crippen molar-refractivity contribution in [1.29, 1.82) is 0 Å². The van der Waals surface area contributed by atoms with Crippen molar-refractivity contribution in [3.05, 3.63) is 34.6 Å². The SMILES string of the molecule is O=C(O)C(=O)c1cnc2ccn([C@@H]3O[C@H](CO)[C@@H](O)[C@H]3O)c(=O)n12. The number of fused-ring (bicyclic) bond motifs is 1. The number of hydrogen-bond acceptors (Lipinski definition) is 8. The third-order valence-corrected chi connectivity index (χ3v) is 3.80. The van der Waals surface area contributed by atoms with Crippen molar-refractivity contribution in [2.75, 3.05) is 6.61 Å². The highest BCUT2D eigenvalue weighted by Gasteiger charge is 2.44. The van der Waals surface area contributed by atoms with Gasteiger partial charge in [0.15, 0.2) is 6.23 Å². The number of aliphatic hydroxyl groups excluding tert-OH is 3. The Morgan fingerprint density at radius 3 is 2.58 bits per heavy atom. The predicted octanol–water partition coefficient (Wildman–Crippen LogP) is -2.63. The van der Waals surface area contributed by atoms with Crippen LogP contribution in [0.2, 0.25) is 0 Å². The Kier molecular flexibility index (Phi) is 3.93. The zero-order valence-corrected chi connectivity index (χ0v) is 12.0. The molecule has 2 aromatic heterocycles. The summed E-state index contributed by atoms with van der Waals surface area (Å²) in [6.07, 6.45) is -3.14. The first-order chi connectivity index (χ1) is 11.4. The molecule has 0 bridgehead atoms. The Morgan fingerprint density at radius 2 is 2.00 bits per heavy atom. The molecule has 11 heteroatoms. The van der Waals surface area contributed by atoms with Crippen LogP contribution in [0.4, 0.5) is 0 Å². The number of Topliss-reactive ketones (excluding diaryl/α,β-unsaturated/α-hetero) is 1. The average Bonchev–Trinajstić information content (AvgIpc) is 3.10. The summed E-state index contributed by atoms with van der Waals surface area (Å²) < 4.78 is 6.91. The standard InChI is InChI=1S/C13H13N3O8/c17-4-6-9(19)10(20)11(24-6)15-2-1-7-14-3-5(8(18)12(21)22)16(7)13(15)23/h1-3,6,9-11,17,19-20H,4H2,(H,21,22)/t6-,9-,10-,11-/m1/s1. The largest absolute Gasteiger partial charge is 0.475 e. The normalized spacial score (nSPS) is 26.8. The van der Waals surface area contributed by atoms with Gasteiger partial charge in [0, 0.05) is 6.20 Å². The Labute approximate surface area is 133 Å². The van der Waals surface area contributed by atoms with E-state index in [-0.39, 0.29) is 5.65 Å². The minimum Gasteiger partial charge on any atom is -0.475 e. The van der Waals surface area contributed by atoms with E-state index in [2.05, 4.69) is 4.98 Å². The molecule has 1 aliphatic heterocycles. The van der Waals surface area contributed by atoms with E-state index in [4.69, 9.17) is 14.9 Å². The molecule has 3 rings (SSSR count). The van der Waals surface area contributed by atoms with Crippen molar-refractivity contribution in [3.63, 3.8) is 0 Å². The first kappa shape index (κ1) is 16.3. The van der Waals surface area contributed by atoms with Crippen LogP contribution in [0.5, 0.6) is 0 Å². The van der Waals surface area contributed by atoms with Crippen molar-refractivity contribution in [3.8, 4) is 0 Å². The number of ketones is 1. The molecular formula is C13H13N3O8. The van der Waals surface area contributed by atoms with E-state index in [0.717, 1.165) is 15.2 Å². The van der Waals surface area contributed by atoms with Crippen LogP contribution in [-0.4, -0.2) is 71.0 Å². The second kappa shape index (κ2) is 5.79. The van der Waals surface area contributed by atoms with Crippen LogP contribution in [-0.2, 0) is 9.53 Å². The molecule has 24 heavy (non-hydrogen) atoms. The van der Waals surface area contributed by atoms with E-state index in [1.54, 1.807) is 0 Å². The number of aliphatic carboxylic acids is 1. The van der Waals surface area contributed by atoms with E-state index in [9.17, 15) is 24.6 Å². The summed E-state index contributed by atoms with van der Waals surface area (Å²) in [7, 11) is 0. The third-order valence-electron chi connectivity index (χ3n) is 3.80. The summed E-state index contributed by atoms with van der Waals surface area (Å²) in [5.74, 6) is -3.07. The molecule has 0 amide bonds. The van der Waals surface area contributed by atoms with E-state index >= 15 is 0 Å². The van der Waals surface area contributed by atoms with Crippen LogP contribution in [0, 0.1) is 0 Å². The highest BCUT2D eigenvalue weighted by Crippen LogP contribution is 2.28. The van der Waals surface area contributed by atoms with E-state index in [0.29, 0.717) is 0 Å². The van der Waals surface area contributed by atoms with Crippen LogP contribution < -0.4 is 5.69 Å². The maximum Gasteiger partial charge on any atom is 0.378 e. The molecule has 4 atom stereocenters. The van der Waals surface area contributed by atoms with Gasteiger partial charge in [-0.05, 0) is 6.07 Å². The van der Waals surface area contributed by atoms with Crippen molar-refractivity contribution >= 4 is 17.4 Å². The number of imidazole rings is 1. The molecular weight excluding hydrogens is 326 g/mol. The van der Waals surface area contributed by atoms with Crippen LogP contribution in [0.3, 0.4) is 0 Å². The van der Waals surface area contributed by atoms with Crippen LogP contribution in [0.15, 0.2) is 23.3 Å². The van der Waals surface area contributed by atoms with Crippen LogP contribution in [0.25, 0.3) is 5.65 Å². The topological polar surface area (TPSA) is 164 Å². The number of carboxylic acids is 1. The van der Waals surface area contributed by atoms with Gasteiger partial charge in [-0.15, -0.1) is 0 Å². The maximum absolute atomic E-state index is 12.6. The van der Waals surface area contributed by atoms with Gasteiger partial charge >= 0.3 is 11.7 Å². The molecule has 11 nitrogen and oxygen atoms in total. The number of aromatic nitrogens is 3. The molecule has 0 aliphatic carbocycles. The maximum atomic E-state index is 12.6. The fourth-order valence-corrected chi connectivity index (χ4v) is 2.58. The molecule has 0 radical (unpaired) electrons. The Bertz CT molecular complexity index is 872. The molecule has 2 aromatic rings. The number of aliphatic hydroxyl groups is 3. The number of carboxylic acid groups (broad SMARTS) is 1. The van der Waals surface area contributed by atoms with Gasteiger partial charge in [-0.2, -0.15) is 0 Å². The van der Waals surface area contributed by atoms with Gasteiger partial charge in [-0.1, -0.05) is 0 Å². The fourth-order valence-electron chi connectivity index (χ4n) is 2.58. The summed E-state index contributed by atoms with van der Waals surface area (Å²) in [6, 6.07) is 1.31. The predicted molar refractivity (Wildman–Crippen MR) is 74.4 cm³/mol. The molecule has 3 heterocycles. The number of hydrogen-bond donors (Lipinski definition) is 4. The fraction of sp³-hybridized carbons (Fsp3) is 0.385. The van der Waals surface area contributed by atoms with Crippen molar-refractivity contribution in [1.82, 2.24) is 14.0 Å². The number of carbonyl (C=O) groups is 2. The van der Waals surface area contributed by atoms with E-state index in [1.807, 2.05) is 0 Å². The number of carbonyl (C=O) groups excluding carboxylic acids is 1. The Morgan fingerprint density at radius 1 is 1.29 bits per heavy atom. The smallest absolute Gasteiger partial charge is 0.378 e. The Hall–Kier alpha value is -2.60. The van der Waals surface area contributed by atoms with Crippen molar-refractivity contribution in [2.24, 2.45) is 0 Å². The molecule has 128 valence electrons. The minimum atomic E-state index is -1.75. The van der Waals surface area contributed by atoms with E-state index < -0.39 is 54.3 Å². The summed E-state index contributed by atoms with van der Waals surface area (Å²) in [5.41, 5.74) is -1.30. The lowest BCUT2D eigenvalue weighted by molar-refractivity contribution is -0.131. The third kappa shape index (κ3) is 2.30. The van der Waals surface area contributed by atoms with Gasteiger partial charge in [0.2, 0.25) is 0 Å². The second-order valence-electron chi connectivity index (χ2n) is 5.21. The molecule has 1 saturated heterocycles. The average molecular weight is 339 g/mol. The summed E-state index contributed by atoms with van der Waals surface area (Å²) >= 11 is 0. The summed E-state index contributed by atoms with van der Waals surface area (Å²) in [4.78, 5) is 38.9. The lowest BCUT2D eigenvalue weighted by Gasteiger charge is -2.17. The first-order valence-corrected chi connectivity index (χ1v) is 6.85. The monoisotopic (exact) mass is 339 g/mol. The van der Waals surface area contributed by atoms with Crippen LogP contribution in [0.1, 0.15) is 16.7 Å². The molecule has 1 aliphatic rings. The molecule has 0 spiro atoms. The van der Waals surface area contributed by atoms with Gasteiger partial charge in [0.25, 0.3) is 5.78 Å². The first-order valence-electron chi connectivity index (χ1n) is 6.85. The van der Waals surface area contributed by atoms with Crippen molar-refractivity contribution in [2.45, 2.75) is 24.5 Å². The highest BCUT2D eigenvalue weighted by atomic mass is 16.6. The minimum absolute atomic E-state index is 0.0348.